The molecule has 1 aromatic carbocycles. The highest BCUT2D eigenvalue weighted by atomic mass is 35.5. The maximum absolute atomic E-state index is 5.90. The molecule has 0 bridgehead atoms. The van der Waals surface area contributed by atoms with Crippen LogP contribution in [0.1, 0.15) is 5.56 Å². The average molecular weight is 402 g/mol. The van der Waals surface area contributed by atoms with Crippen molar-refractivity contribution in [2.24, 2.45) is 5.10 Å². The summed E-state index contributed by atoms with van der Waals surface area (Å²) in [6.45, 7) is 1.27. The van der Waals surface area contributed by atoms with E-state index in [1.165, 1.54) is 11.0 Å². The van der Waals surface area contributed by atoms with Gasteiger partial charge in [0, 0.05) is 36.5 Å². The third kappa shape index (κ3) is 4.83. The molecule has 142 valence electrons. The summed E-state index contributed by atoms with van der Waals surface area (Å²) in [6.07, 6.45) is 2.94. The number of anilines is 2. The lowest BCUT2D eigenvalue weighted by Gasteiger charge is -2.26. The van der Waals surface area contributed by atoms with Gasteiger partial charge >= 0.3 is 0 Å². The molecular weight excluding hydrogens is 381 g/mol. The molecule has 0 spiro atoms. The molecular formula is C15H21Cl2N7O2. The molecule has 0 saturated carbocycles. The van der Waals surface area contributed by atoms with Gasteiger partial charge in [0.15, 0.2) is 0 Å². The maximum atomic E-state index is 5.90. The fraction of sp³-hybridized carbons (Fsp3) is 0.400. The number of hydrazone groups is 1. The van der Waals surface area contributed by atoms with Gasteiger partial charge in [-0.05, 0) is 6.07 Å². The van der Waals surface area contributed by atoms with E-state index >= 15 is 0 Å². The minimum Gasteiger partial charge on any atom is -0.496 e. The number of alkyl halides is 2. The molecule has 2 rings (SSSR count). The van der Waals surface area contributed by atoms with Crippen LogP contribution in [0.15, 0.2) is 23.6 Å². The first-order valence-electron chi connectivity index (χ1n) is 7.71. The average Bonchev–Trinajstić information content (AvgIpc) is 3.06. The third-order valence-electron chi connectivity index (χ3n) is 3.52. The number of halogens is 2. The van der Waals surface area contributed by atoms with Crippen LogP contribution in [0.25, 0.3) is 0 Å². The standard InChI is InChI=1S/C15H21Cl2N7O2/c1-25-13-8-12(23(5-3-16)6-4-17)14(26-2)7-11(13)9-19-21-15-22-20-10-24(15)18/h7-10H,3-6,18H2,1-2H3,(H,21,22). The summed E-state index contributed by atoms with van der Waals surface area (Å²) < 4.78 is 12.2. The Bertz CT molecular complexity index is 733. The normalized spacial score (nSPS) is 10.9. The van der Waals surface area contributed by atoms with Crippen LogP contribution in [0.3, 0.4) is 0 Å². The fourth-order valence-electron chi connectivity index (χ4n) is 2.29. The zero-order valence-electron chi connectivity index (χ0n) is 14.5. The van der Waals surface area contributed by atoms with Crippen molar-refractivity contribution in [3.63, 3.8) is 0 Å². The first-order chi connectivity index (χ1) is 12.6. The number of hydrogen-bond donors (Lipinski definition) is 2. The summed E-state index contributed by atoms with van der Waals surface area (Å²) >= 11 is 11.8. The number of rotatable bonds is 10. The van der Waals surface area contributed by atoms with E-state index in [0.29, 0.717) is 47.9 Å². The predicted molar refractivity (Wildman–Crippen MR) is 105 cm³/mol. The van der Waals surface area contributed by atoms with Crippen LogP contribution in [0.5, 0.6) is 11.5 Å². The lowest BCUT2D eigenvalue weighted by Crippen LogP contribution is -2.28. The SMILES string of the molecule is COc1cc(N(CCCl)CCCl)c(OC)cc1C=NNc1nncn1N. The maximum Gasteiger partial charge on any atom is 0.263 e. The largest absolute Gasteiger partial charge is 0.496 e. The molecule has 26 heavy (non-hydrogen) atoms. The van der Waals surface area contributed by atoms with Crippen molar-refractivity contribution in [3.05, 3.63) is 24.0 Å². The number of benzene rings is 1. The fourth-order valence-corrected chi connectivity index (χ4v) is 2.70. The zero-order chi connectivity index (χ0) is 18.9. The van der Waals surface area contributed by atoms with Gasteiger partial charge in [-0.1, -0.05) is 0 Å². The van der Waals surface area contributed by atoms with E-state index in [1.54, 1.807) is 20.4 Å². The molecule has 0 fully saturated rings. The van der Waals surface area contributed by atoms with Crippen molar-refractivity contribution >= 4 is 41.1 Å². The molecule has 0 amide bonds. The highest BCUT2D eigenvalue weighted by Crippen LogP contribution is 2.35. The van der Waals surface area contributed by atoms with E-state index in [4.69, 9.17) is 38.5 Å². The van der Waals surface area contributed by atoms with Gasteiger partial charge in [-0.15, -0.1) is 33.4 Å². The molecule has 0 aliphatic carbocycles. The van der Waals surface area contributed by atoms with Crippen LogP contribution in [0.2, 0.25) is 0 Å². The van der Waals surface area contributed by atoms with E-state index < -0.39 is 0 Å². The third-order valence-corrected chi connectivity index (χ3v) is 3.86. The molecule has 0 atom stereocenters. The van der Waals surface area contributed by atoms with Crippen molar-refractivity contribution in [1.29, 1.82) is 0 Å². The molecule has 1 heterocycles. The topological polar surface area (TPSA) is 103 Å². The second-order valence-corrected chi connectivity index (χ2v) is 5.82. The summed E-state index contributed by atoms with van der Waals surface area (Å²) in [7, 11) is 3.18. The molecule has 3 N–H and O–H groups in total. The monoisotopic (exact) mass is 401 g/mol. The van der Waals surface area contributed by atoms with Crippen LogP contribution < -0.4 is 25.6 Å². The van der Waals surface area contributed by atoms with Gasteiger partial charge in [0.1, 0.15) is 17.8 Å². The molecule has 0 aliphatic heterocycles. The molecule has 0 saturated heterocycles. The number of nitrogens with two attached hydrogens (primary N) is 1. The molecule has 0 radical (unpaired) electrons. The summed E-state index contributed by atoms with van der Waals surface area (Å²) in [5.41, 5.74) is 4.25. The number of methoxy groups -OCH3 is 2. The number of aromatic nitrogens is 3. The van der Waals surface area contributed by atoms with Crippen molar-refractivity contribution in [2.75, 3.05) is 55.2 Å². The Balaban J connectivity index is 2.30. The molecule has 0 unspecified atom stereocenters. The number of nitrogen functional groups attached to an aromatic ring is 1. The molecule has 11 heteroatoms. The van der Waals surface area contributed by atoms with E-state index in [-0.39, 0.29) is 0 Å². The molecule has 2 aromatic rings. The highest BCUT2D eigenvalue weighted by Gasteiger charge is 2.16. The minimum absolute atomic E-state index is 0.305. The molecule has 1 aromatic heterocycles. The Morgan fingerprint density at radius 1 is 1.23 bits per heavy atom. The Morgan fingerprint density at radius 2 is 1.92 bits per heavy atom. The molecule has 9 nitrogen and oxygen atoms in total. The van der Waals surface area contributed by atoms with Crippen molar-refractivity contribution in [1.82, 2.24) is 14.9 Å². The van der Waals surface area contributed by atoms with Gasteiger partial charge in [0.2, 0.25) is 0 Å². The zero-order valence-corrected chi connectivity index (χ0v) is 16.0. The van der Waals surface area contributed by atoms with Crippen LogP contribution in [0.4, 0.5) is 11.6 Å². The van der Waals surface area contributed by atoms with Crippen molar-refractivity contribution in [2.45, 2.75) is 0 Å². The first kappa shape index (κ1) is 19.9. The second kappa shape index (κ2) is 9.93. The first-order valence-corrected chi connectivity index (χ1v) is 8.78. The van der Waals surface area contributed by atoms with Gasteiger partial charge < -0.3 is 20.2 Å². The number of hydrogen-bond acceptors (Lipinski definition) is 8. The van der Waals surface area contributed by atoms with Gasteiger partial charge in [0.05, 0.1) is 26.1 Å². The Morgan fingerprint density at radius 3 is 2.46 bits per heavy atom. The Labute approximate surface area is 161 Å². The van der Waals surface area contributed by atoms with Crippen LogP contribution in [-0.2, 0) is 0 Å². The van der Waals surface area contributed by atoms with E-state index in [2.05, 4.69) is 20.7 Å². The minimum atomic E-state index is 0.305. The predicted octanol–water partition coefficient (Wildman–Crippen LogP) is 1.74. The summed E-state index contributed by atoms with van der Waals surface area (Å²) in [5.74, 6) is 8.13. The van der Waals surface area contributed by atoms with E-state index in [9.17, 15) is 0 Å². The highest BCUT2D eigenvalue weighted by molar-refractivity contribution is 6.18. The summed E-state index contributed by atoms with van der Waals surface area (Å²) in [5, 5.41) is 11.5. The Hall–Kier alpha value is -2.39. The second-order valence-electron chi connectivity index (χ2n) is 5.06. The van der Waals surface area contributed by atoms with Crippen LogP contribution in [0, 0.1) is 0 Å². The smallest absolute Gasteiger partial charge is 0.263 e. The van der Waals surface area contributed by atoms with Gasteiger partial charge in [0.25, 0.3) is 5.95 Å². The quantitative estimate of drug-likeness (QED) is 0.270. The van der Waals surface area contributed by atoms with Crippen molar-refractivity contribution in [3.8, 4) is 11.5 Å². The van der Waals surface area contributed by atoms with Gasteiger partial charge in [-0.25, -0.2) is 10.1 Å². The number of nitrogens with zero attached hydrogens (tertiary/aromatic N) is 5. The molecule has 0 aliphatic rings. The summed E-state index contributed by atoms with van der Waals surface area (Å²) in [6, 6.07) is 3.69. The van der Waals surface area contributed by atoms with Gasteiger partial charge in [-0.3, -0.25) is 0 Å². The number of nitrogens with one attached hydrogen (secondary N) is 1. The van der Waals surface area contributed by atoms with E-state index in [1.807, 2.05) is 17.0 Å². The number of ether oxygens (including phenoxy) is 2. The van der Waals surface area contributed by atoms with Gasteiger partial charge in [-0.2, -0.15) is 5.10 Å². The van der Waals surface area contributed by atoms with Crippen molar-refractivity contribution < 1.29 is 9.47 Å². The lowest BCUT2D eigenvalue weighted by atomic mass is 10.1. The van der Waals surface area contributed by atoms with Crippen LogP contribution >= 0.6 is 23.2 Å². The lowest BCUT2D eigenvalue weighted by molar-refractivity contribution is 0.402. The van der Waals surface area contributed by atoms with Crippen LogP contribution in [-0.4, -0.2) is 60.2 Å². The summed E-state index contributed by atoms with van der Waals surface area (Å²) in [4.78, 5) is 2.04. The Kier molecular flexibility index (Phi) is 7.61. The van der Waals surface area contributed by atoms with E-state index in [0.717, 1.165) is 5.69 Å².